The number of allylic oxidation sites excluding steroid dienone is 1. The van der Waals surface area contributed by atoms with E-state index in [0.29, 0.717) is 24.0 Å². The van der Waals surface area contributed by atoms with Gasteiger partial charge < -0.3 is 9.84 Å². The van der Waals surface area contributed by atoms with Crippen molar-refractivity contribution < 1.29 is 14.6 Å². The van der Waals surface area contributed by atoms with Crippen LogP contribution in [0.3, 0.4) is 0 Å². The second-order valence-electron chi connectivity index (χ2n) is 12.0. The minimum atomic E-state index is -0.143. The van der Waals surface area contributed by atoms with E-state index in [1.54, 1.807) is 0 Å². The van der Waals surface area contributed by atoms with Gasteiger partial charge in [0.1, 0.15) is 0 Å². The quantitative estimate of drug-likeness (QED) is 0.384. The summed E-state index contributed by atoms with van der Waals surface area (Å²) in [7, 11) is 0. The van der Waals surface area contributed by atoms with Crippen LogP contribution in [0.15, 0.2) is 11.6 Å². The van der Waals surface area contributed by atoms with Gasteiger partial charge >= 0.3 is 5.97 Å². The fourth-order valence-electron chi connectivity index (χ4n) is 9.18. The first kappa shape index (κ1) is 23.3. The monoisotopic (exact) mass is 430 g/mol. The van der Waals surface area contributed by atoms with Gasteiger partial charge in [-0.3, -0.25) is 0 Å². The van der Waals surface area contributed by atoms with Gasteiger partial charge in [0.2, 0.25) is 0 Å². The lowest BCUT2D eigenvalue weighted by Gasteiger charge is -2.61. The molecule has 0 aromatic heterocycles. The van der Waals surface area contributed by atoms with Crippen LogP contribution in [-0.4, -0.2) is 24.3 Å². The van der Waals surface area contributed by atoms with Crippen molar-refractivity contribution >= 4 is 5.97 Å². The number of rotatable bonds is 6. The van der Waals surface area contributed by atoms with Crippen molar-refractivity contribution in [3.8, 4) is 0 Å². The van der Waals surface area contributed by atoms with Crippen molar-refractivity contribution in [2.24, 2.45) is 46.3 Å². The van der Waals surface area contributed by atoms with E-state index in [4.69, 9.17) is 4.74 Å². The maximum absolute atomic E-state index is 12.0. The molecule has 3 nitrogen and oxygen atoms in total. The molecule has 0 aliphatic heterocycles. The largest absolute Gasteiger partial charge is 0.463 e. The second-order valence-corrected chi connectivity index (χ2v) is 12.0. The molecule has 0 aromatic rings. The summed E-state index contributed by atoms with van der Waals surface area (Å²) in [4.78, 5) is 12.0. The van der Waals surface area contributed by atoms with E-state index in [2.05, 4.69) is 20.8 Å². The molecule has 0 spiro atoms. The lowest BCUT2D eigenvalue weighted by molar-refractivity contribution is -0.137. The van der Waals surface area contributed by atoms with Crippen LogP contribution in [0, 0.1) is 46.3 Å². The van der Waals surface area contributed by atoms with Crippen LogP contribution in [0.1, 0.15) is 98.3 Å². The molecule has 0 heterocycles. The first-order chi connectivity index (χ1) is 14.8. The highest BCUT2D eigenvalue weighted by Gasteiger charge is 2.60. The molecule has 4 fully saturated rings. The lowest BCUT2D eigenvalue weighted by Crippen LogP contribution is -2.53. The van der Waals surface area contributed by atoms with E-state index >= 15 is 0 Å². The van der Waals surface area contributed by atoms with E-state index in [1.165, 1.54) is 56.9 Å². The molecule has 31 heavy (non-hydrogen) atoms. The number of aliphatic hydroxyl groups is 1. The van der Waals surface area contributed by atoms with Gasteiger partial charge in [0.25, 0.3) is 0 Å². The zero-order chi connectivity index (χ0) is 22.2. The van der Waals surface area contributed by atoms with Crippen LogP contribution >= 0.6 is 0 Å². The van der Waals surface area contributed by atoms with Gasteiger partial charge in [0.05, 0.1) is 6.61 Å². The summed E-state index contributed by atoms with van der Waals surface area (Å²) in [6.45, 7) is 10.4. The molecule has 0 amide bonds. The van der Waals surface area contributed by atoms with Crippen molar-refractivity contribution in [2.45, 2.75) is 98.3 Å². The highest BCUT2D eigenvalue weighted by molar-refractivity contribution is 5.82. The first-order valence-corrected chi connectivity index (χ1v) is 13.3. The van der Waals surface area contributed by atoms with Crippen LogP contribution in [0.5, 0.6) is 0 Å². The van der Waals surface area contributed by atoms with Crippen molar-refractivity contribution in [3.63, 3.8) is 0 Å². The van der Waals surface area contributed by atoms with E-state index in [1.807, 2.05) is 13.0 Å². The summed E-state index contributed by atoms with van der Waals surface area (Å²) < 4.78 is 5.17. The number of hydrogen-bond acceptors (Lipinski definition) is 3. The Morgan fingerprint density at radius 3 is 2.65 bits per heavy atom. The highest BCUT2D eigenvalue weighted by atomic mass is 16.5. The van der Waals surface area contributed by atoms with E-state index < -0.39 is 0 Å². The smallest absolute Gasteiger partial charge is 0.330 e. The van der Waals surface area contributed by atoms with E-state index in [9.17, 15) is 9.90 Å². The average Bonchev–Trinajstić information content (AvgIpc) is 3.09. The molecule has 4 aliphatic carbocycles. The molecule has 0 aromatic carbocycles. The Bertz CT molecular complexity index is 684. The van der Waals surface area contributed by atoms with Crippen LogP contribution in [0.25, 0.3) is 0 Å². The number of ether oxygens (including phenoxy) is 1. The Kier molecular flexibility index (Phi) is 6.92. The number of fused-ring (bicyclic) bond motifs is 5. The molecule has 0 bridgehead atoms. The van der Waals surface area contributed by atoms with Gasteiger partial charge in [-0.05, 0) is 124 Å². The minimum Gasteiger partial charge on any atom is -0.463 e. The van der Waals surface area contributed by atoms with Crippen LogP contribution < -0.4 is 0 Å². The fraction of sp³-hybridized carbons (Fsp3) is 0.893. The van der Waals surface area contributed by atoms with Crippen molar-refractivity contribution in [1.82, 2.24) is 0 Å². The predicted molar refractivity (Wildman–Crippen MR) is 125 cm³/mol. The summed E-state index contributed by atoms with van der Waals surface area (Å²) in [6.07, 6.45) is 15.8. The Labute approximate surface area is 190 Å². The van der Waals surface area contributed by atoms with Crippen molar-refractivity contribution in [3.05, 3.63) is 11.6 Å². The normalized spacial score (nSPS) is 44.3. The Hall–Kier alpha value is -0.830. The second kappa shape index (κ2) is 9.20. The molecular weight excluding hydrogens is 384 g/mol. The molecule has 4 aliphatic rings. The number of carbonyl (C=O) groups excluding carboxylic acids is 1. The van der Waals surface area contributed by atoms with Crippen LogP contribution in [0.2, 0.25) is 0 Å². The van der Waals surface area contributed by atoms with E-state index in [0.717, 1.165) is 54.8 Å². The van der Waals surface area contributed by atoms with Gasteiger partial charge in [0.15, 0.2) is 0 Å². The zero-order valence-corrected chi connectivity index (χ0v) is 20.5. The number of aliphatic hydroxyl groups excluding tert-OH is 1. The summed E-state index contributed by atoms with van der Waals surface area (Å²) in [5, 5.41) is 9.31. The molecule has 5 unspecified atom stereocenters. The summed E-state index contributed by atoms with van der Waals surface area (Å²) in [6, 6.07) is 0. The molecule has 3 heteroatoms. The SMILES string of the molecule is CCOC(=O)/C=C1\CCC2(C)C(CCC3[C@@H]2CCC2(C)[C@@H](C(C)CCCO)CC[C@@H]32)C1. The highest BCUT2D eigenvalue weighted by Crippen LogP contribution is 2.68. The van der Waals surface area contributed by atoms with E-state index in [-0.39, 0.29) is 5.97 Å². The number of esters is 1. The average molecular weight is 431 g/mol. The Balaban J connectivity index is 1.47. The Morgan fingerprint density at radius 1 is 1.13 bits per heavy atom. The third kappa shape index (κ3) is 4.13. The third-order valence-electron chi connectivity index (χ3n) is 10.7. The molecular formula is C28H46O3. The lowest BCUT2D eigenvalue weighted by atomic mass is 9.44. The molecule has 4 rings (SSSR count). The zero-order valence-electron chi connectivity index (χ0n) is 20.5. The van der Waals surface area contributed by atoms with Gasteiger partial charge in [-0.2, -0.15) is 0 Å². The summed E-state index contributed by atoms with van der Waals surface area (Å²) in [5.41, 5.74) is 2.30. The molecule has 4 saturated carbocycles. The van der Waals surface area contributed by atoms with Gasteiger partial charge in [-0.25, -0.2) is 4.79 Å². The van der Waals surface area contributed by atoms with Gasteiger partial charge in [-0.1, -0.05) is 26.3 Å². The van der Waals surface area contributed by atoms with Gasteiger partial charge in [0, 0.05) is 12.7 Å². The van der Waals surface area contributed by atoms with Crippen LogP contribution in [0.4, 0.5) is 0 Å². The predicted octanol–water partition coefficient (Wildman–Crippen LogP) is 6.54. The molecule has 176 valence electrons. The third-order valence-corrected chi connectivity index (χ3v) is 10.7. The van der Waals surface area contributed by atoms with Crippen molar-refractivity contribution in [2.75, 3.05) is 13.2 Å². The summed E-state index contributed by atoms with van der Waals surface area (Å²) >= 11 is 0. The maximum Gasteiger partial charge on any atom is 0.330 e. The molecule has 8 atom stereocenters. The number of hydrogen-bond donors (Lipinski definition) is 1. The molecule has 1 N–H and O–H groups in total. The topological polar surface area (TPSA) is 46.5 Å². The fourth-order valence-corrected chi connectivity index (χ4v) is 9.18. The summed E-state index contributed by atoms with van der Waals surface area (Å²) in [5.74, 6) is 4.88. The molecule has 0 saturated heterocycles. The Morgan fingerprint density at radius 2 is 1.90 bits per heavy atom. The standard InChI is InChI=1S/C28H46O3/c1-5-31-26(30)18-20-12-14-27(3)21(17-20)8-9-22-24-11-10-23(19(2)7-6-16-29)28(24,4)15-13-25(22)27/h18-19,21-25,29H,5-17H2,1-4H3/b20-18+/t19?,21?,22?,23-,24+,25+,27?,28?/m1/s1. The maximum atomic E-state index is 12.0. The van der Waals surface area contributed by atoms with Gasteiger partial charge in [-0.15, -0.1) is 0 Å². The minimum absolute atomic E-state index is 0.143. The van der Waals surface area contributed by atoms with Crippen molar-refractivity contribution in [1.29, 1.82) is 0 Å². The van der Waals surface area contributed by atoms with Crippen LogP contribution in [-0.2, 0) is 9.53 Å². The first-order valence-electron chi connectivity index (χ1n) is 13.3. The molecule has 0 radical (unpaired) electrons. The number of carbonyl (C=O) groups is 1.